The summed E-state index contributed by atoms with van der Waals surface area (Å²) in [6.07, 6.45) is 0.265. The lowest BCUT2D eigenvalue weighted by molar-refractivity contribution is -0.0265. The Bertz CT molecular complexity index is 454. The summed E-state index contributed by atoms with van der Waals surface area (Å²) in [5.41, 5.74) is 6.85. The molecule has 1 aliphatic heterocycles. The number of hydrogen-bond donors (Lipinski definition) is 1. The molecule has 1 heterocycles. The molecule has 5 heteroatoms. The summed E-state index contributed by atoms with van der Waals surface area (Å²) in [7, 11) is 0. The normalized spacial score (nSPS) is 19.9. The van der Waals surface area contributed by atoms with Gasteiger partial charge in [-0.05, 0) is 39.0 Å². The second-order valence-corrected chi connectivity index (χ2v) is 6.59. The highest BCUT2D eigenvalue weighted by Gasteiger charge is 2.22. The molecule has 1 aromatic rings. The number of benzene rings is 1. The van der Waals surface area contributed by atoms with E-state index < -0.39 is 0 Å². The Morgan fingerprint density at radius 2 is 2.29 bits per heavy atom. The summed E-state index contributed by atoms with van der Waals surface area (Å²) >= 11 is 1.75. The van der Waals surface area contributed by atoms with Crippen LogP contribution in [0.15, 0.2) is 23.1 Å². The van der Waals surface area contributed by atoms with Gasteiger partial charge in [-0.1, -0.05) is 0 Å². The van der Waals surface area contributed by atoms with E-state index in [0.717, 1.165) is 41.8 Å². The Kier molecular flexibility index (Phi) is 6.21. The van der Waals surface area contributed by atoms with Crippen LogP contribution in [-0.4, -0.2) is 49.1 Å². The first-order valence-electron chi connectivity index (χ1n) is 7.61. The topological polar surface area (TPSA) is 47.7 Å². The molecule has 1 unspecified atom stereocenters. The fourth-order valence-electron chi connectivity index (χ4n) is 2.39. The fraction of sp³-hybridized carbons (Fsp3) is 0.625. The fourth-order valence-corrected chi connectivity index (χ4v) is 3.39. The Morgan fingerprint density at radius 1 is 1.48 bits per heavy atom. The maximum Gasteiger partial charge on any atom is 0.120 e. The van der Waals surface area contributed by atoms with E-state index in [0.29, 0.717) is 12.6 Å². The monoisotopic (exact) mass is 310 g/mol. The first kappa shape index (κ1) is 16.5. The summed E-state index contributed by atoms with van der Waals surface area (Å²) in [5.74, 6) is 1.80. The number of nitrogens with two attached hydrogens (primary N) is 1. The van der Waals surface area contributed by atoms with E-state index in [-0.39, 0.29) is 6.10 Å². The van der Waals surface area contributed by atoms with Crippen LogP contribution in [-0.2, 0) is 4.74 Å². The van der Waals surface area contributed by atoms with Gasteiger partial charge in [-0.25, -0.2) is 0 Å². The second kappa shape index (κ2) is 7.92. The van der Waals surface area contributed by atoms with Crippen molar-refractivity contribution in [3.63, 3.8) is 0 Å². The first-order valence-corrected chi connectivity index (χ1v) is 8.59. The average Bonchev–Trinajstić information content (AvgIpc) is 2.48. The summed E-state index contributed by atoms with van der Waals surface area (Å²) in [6, 6.07) is 6.43. The maximum atomic E-state index is 6.05. The Morgan fingerprint density at radius 3 is 3.00 bits per heavy atom. The molecule has 0 spiro atoms. The molecule has 2 N–H and O–H groups in total. The van der Waals surface area contributed by atoms with Gasteiger partial charge in [0.15, 0.2) is 0 Å². The third kappa shape index (κ3) is 4.80. The Hall–Kier alpha value is -0.910. The SMILES string of the molecule is CCOc1ccc(N)c(SCC2CN(C(C)C)CCO2)c1. The third-order valence-electron chi connectivity index (χ3n) is 3.62. The van der Waals surface area contributed by atoms with Crippen molar-refractivity contribution in [1.29, 1.82) is 0 Å². The summed E-state index contributed by atoms with van der Waals surface area (Å²) < 4.78 is 11.4. The second-order valence-electron chi connectivity index (χ2n) is 5.53. The van der Waals surface area contributed by atoms with Crippen molar-refractivity contribution in [2.24, 2.45) is 0 Å². The first-order chi connectivity index (χ1) is 10.1. The molecular weight excluding hydrogens is 284 g/mol. The predicted molar refractivity (Wildman–Crippen MR) is 89.2 cm³/mol. The van der Waals surface area contributed by atoms with Gasteiger partial charge in [0.1, 0.15) is 5.75 Å². The lowest BCUT2D eigenvalue weighted by Gasteiger charge is -2.35. The molecule has 1 atom stereocenters. The lowest BCUT2D eigenvalue weighted by Crippen LogP contribution is -2.46. The van der Waals surface area contributed by atoms with E-state index in [1.54, 1.807) is 11.8 Å². The molecular formula is C16H26N2O2S. The molecule has 0 aromatic heterocycles. The summed E-state index contributed by atoms with van der Waals surface area (Å²) in [4.78, 5) is 3.54. The molecule has 0 aliphatic carbocycles. The van der Waals surface area contributed by atoms with E-state index >= 15 is 0 Å². The van der Waals surface area contributed by atoms with Crippen LogP contribution in [0, 0.1) is 0 Å². The minimum atomic E-state index is 0.265. The molecule has 0 bridgehead atoms. The van der Waals surface area contributed by atoms with Crippen LogP contribution in [0.3, 0.4) is 0 Å². The number of nitrogens with zero attached hydrogens (tertiary/aromatic N) is 1. The largest absolute Gasteiger partial charge is 0.494 e. The molecule has 1 aliphatic rings. The number of thioether (sulfide) groups is 1. The van der Waals surface area contributed by atoms with Crippen molar-refractivity contribution >= 4 is 17.4 Å². The number of rotatable bonds is 6. The van der Waals surface area contributed by atoms with Crippen LogP contribution >= 0.6 is 11.8 Å². The molecule has 118 valence electrons. The molecule has 1 fully saturated rings. The van der Waals surface area contributed by atoms with E-state index in [1.165, 1.54) is 0 Å². The number of hydrogen-bond acceptors (Lipinski definition) is 5. The van der Waals surface area contributed by atoms with Gasteiger partial charge >= 0.3 is 0 Å². The number of anilines is 1. The molecule has 0 amide bonds. The van der Waals surface area contributed by atoms with Gasteiger partial charge in [0.2, 0.25) is 0 Å². The van der Waals surface area contributed by atoms with Crippen LogP contribution in [0.4, 0.5) is 5.69 Å². The number of morpholine rings is 1. The van der Waals surface area contributed by atoms with Gasteiger partial charge < -0.3 is 15.2 Å². The van der Waals surface area contributed by atoms with E-state index in [9.17, 15) is 0 Å². The number of ether oxygens (including phenoxy) is 2. The molecule has 0 radical (unpaired) electrons. The minimum absolute atomic E-state index is 0.265. The van der Waals surface area contributed by atoms with Gasteiger partial charge in [0.25, 0.3) is 0 Å². The van der Waals surface area contributed by atoms with E-state index in [4.69, 9.17) is 15.2 Å². The molecule has 4 nitrogen and oxygen atoms in total. The van der Waals surface area contributed by atoms with Crippen molar-refractivity contribution in [2.75, 3.05) is 37.8 Å². The van der Waals surface area contributed by atoms with E-state index in [2.05, 4.69) is 18.7 Å². The molecule has 1 aromatic carbocycles. The highest BCUT2D eigenvalue weighted by molar-refractivity contribution is 7.99. The standard InChI is InChI=1S/C16H26N2O2S/c1-4-19-13-5-6-15(17)16(9-13)21-11-14-10-18(12(2)3)7-8-20-14/h5-6,9,12,14H,4,7-8,10-11,17H2,1-3H3. The van der Waals surface area contributed by atoms with Crippen LogP contribution in [0.25, 0.3) is 0 Å². The van der Waals surface area contributed by atoms with Crippen molar-refractivity contribution in [1.82, 2.24) is 4.90 Å². The van der Waals surface area contributed by atoms with E-state index in [1.807, 2.05) is 25.1 Å². The van der Waals surface area contributed by atoms with Crippen LogP contribution in [0.1, 0.15) is 20.8 Å². The Balaban J connectivity index is 1.91. The van der Waals surface area contributed by atoms with Gasteiger partial charge in [0, 0.05) is 35.5 Å². The van der Waals surface area contributed by atoms with Gasteiger partial charge in [-0.15, -0.1) is 11.8 Å². The zero-order valence-electron chi connectivity index (χ0n) is 13.2. The Labute approximate surface area is 132 Å². The maximum absolute atomic E-state index is 6.05. The van der Waals surface area contributed by atoms with Crippen molar-refractivity contribution in [2.45, 2.75) is 37.8 Å². The van der Waals surface area contributed by atoms with Crippen LogP contribution in [0.2, 0.25) is 0 Å². The molecule has 1 saturated heterocycles. The summed E-state index contributed by atoms with van der Waals surface area (Å²) in [6.45, 7) is 9.97. The van der Waals surface area contributed by atoms with Crippen LogP contribution < -0.4 is 10.5 Å². The highest BCUT2D eigenvalue weighted by Crippen LogP contribution is 2.30. The molecule has 21 heavy (non-hydrogen) atoms. The minimum Gasteiger partial charge on any atom is -0.494 e. The quantitative estimate of drug-likeness (QED) is 0.647. The summed E-state index contributed by atoms with van der Waals surface area (Å²) in [5, 5.41) is 0. The highest BCUT2D eigenvalue weighted by atomic mass is 32.2. The van der Waals surface area contributed by atoms with Gasteiger partial charge in [0.05, 0.1) is 19.3 Å². The lowest BCUT2D eigenvalue weighted by atomic mass is 10.2. The number of nitrogen functional groups attached to an aromatic ring is 1. The molecule has 0 saturated carbocycles. The predicted octanol–water partition coefficient (Wildman–Crippen LogP) is 2.87. The van der Waals surface area contributed by atoms with Crippen LogP contribution in [0.5, 0.6) is 5.75 Å². The van der Waals surface area contributed by atoms with Gasteiger partial charge in [-0.3, -0.25) is 4.90 Å². The smallest absolute Gasteiger partial charge is 0.120 e. The zero-order valence-corrected chi connectivity index (χ0v) is 14.0. The average molecular weight is 310 g/mol. The zero-order chi connectivity index (χ0) is 15.2. The van der Waals surface area contributed by atoms with Crippen molar-refractivity contribution < 1.29 is 9.47 Å². The molecule has 2 rings (SSSR count). The van der Waals surface area contributed by atoms with Crippen molar-refractivity contribution in [3.8, 4) is 5.75 Å². The van der Waals surface area contributed by atoms with Crippen molar-refractivity contribution in [3.05, 3.63) is 18.2 Å². The van der Waals surface area contributed by atoms with Gasteiger partial charge in [-0.2, -0.15) is 0 Å². The third-order valence-corrected chi connectivity index (χ3v) is 4.82.